The topological polar surface area (TPSA) is 59.6 Å². The van der Waals surface area contributed by atoms with E-state index in [1.54, 1.807) is 11.6 Å². The molecule has 0 saturated heterocycles. The van der Waals surface area contributed by atoms with E-state index in [0.717, 1.165) is 11.4 Å². The number of hydrogen-bond donors (Lipinski definition) is 1. The van der Waals surface area contributed by atoms with Gasteiger partial charge in [0, 0.05) is 12.6 Å². The zero-order valence-electron chi connectivity index (χ0n) is 11.6. The highest BCUT2D eigenvalue weighted by Crippen LogP contribution is 2.22. The summed E-state index contributed by atoms with van der Waals surface area (Å²) in [5.74, 6) is 0.0484. The molecule has 0 fully saturated rings. The van der Waals surface area contributed by atoms with Gasteiger partial charge in [-0.25, -0.2) is 4.39 Å². The molecule has 2 aromatic rings. The van der Waals surface area contributed by atoms with Crippen molar-refractivity contribution in [2.75, 3.05) is 0 Å². The SMILES string of the molecule is C/C(=N/O)c1cc(F)ccc1OCc1cc(C)nn1C. The van der Waals surface area contributed by atoms with Gasteiger partial charge in [0.15, 0.2) is 0 Å². The smallest absolute Gasteiger partial charge is 0.130 e. The van der Waals surface area contributed by atoms with E-state index >= 15 is 0 Å². The highest BCUT2D eigenvalue weighted by molar-refractivity contribution is 6.00. The second-order valence-electron chi connectivity index (χ2n) is 4.52. The number of rotatable bonds is 4. The van der Waals surface area contributed by atoms with Crippen molar-refractivity contribution in [2.45, 2.75) is 20.5 Å². The minimum atomic E-state index is -0.410. The van der Waals surface area contributed by atoms with E-state index in [1.807, 2.05) is 20.0 Å². The van der Waals surface area contributed by atoms with Crippen LogP contribution in [0.25, 0.3) is 0 Å². The minimum Gasteiger partial charge on any atom is -0.487 e. The molecule has 0 saturated carbocycles. The average Bonchev–Trinajstić information content (AvgIpc) is 2.74. The molecule has 0 amide bonds. The summed E-state index contributed by atoms with van der Waals surface area (Å²) in [6.45, 7) is 3.78. The predicted octanol–water partition coefficient (Wildman–Crippen LogP) is 2.64. The number of halogens is 1. The van der Waals surface area contributed by atoms with Crippen LogP contribution in [-0.2, 0) is 13.7 Å². The first kappa shape index (κ1) is 14.0. The zero-order valence-corrected chi connectivity index (χ0v) is 11.6. The summed E-state index contributed by atoms with van der Waals surface area (Å²) in [5, 5.41) is 16.1. The van der Waals surface area contributed by atoms with Crippen LogP contribution in [0.4, 0.5) is 4.39 Å². The van der Waals surface area contributed by atoms with Crippen LogP contribution in [-0.4, -0.2) is 20.7 Å². The van der Waals surface area contributed by atoms with Crippen molar-refractivity contribution in [3.05, 3.63) is 47.0 Å². The first-order valence-electron chi connectivity index (χ1n) is 6.12. The lowest BCUT2D eigenvalue weighted by Gasteiger charge is -2.11. The number of ether oxygens (including phenoxy) is 1. The Kier molecular flexibility index (Phi) is 4.02. The second-order valence-corrected chi connectivity index (χ2v) is 4.52. The minimum absolute atomic E-state index is 0.292. The van der Waals surface area contributed by atoms with Gasteiger partial charge in [0.25, 0.3) is 0 Å². The summed E-state index contributed by atoms with van der Waals surface area (Å²) < 4.78 is 20.7. The van der Waals surface area contributed by atoms with Crippen molar-refractivity contribution < 1.29 is 14.3 Å². The standard InChI is InChI=1S/C14H16FN3O2/c1-9-6-12(18(3)16-9)8-20-14-5-4-11(15)7-13(14)10(2)17-19/h4-7,19H,8H2,1-3H3/b17-10-. The van der Waals surface area contributed by atoms with E-state index in [-0.39, 0.29) is 0 Å². The van der Waals surface area contributed by atoms with E-state index in [1.165, 1.54) is 18.2 Å². The Balaban J connectivity index is 2.23. The molecule has 0 aliphatic heterocycles. The number of hydrogen-bond acceptors (Lipinski definition) is 4. The molecular weight excluding hydrogens is 261 g/mol. The highest BCUT2D eigenvalue weighted by atomic mass is 19.1. The fraction of sp³-hybridized carbons (Fsp3) is 0.286. The third kappa shape index (κ3) is 2.96. The molecule has 5 nitrogen and oxygen atoms in total. The fourth-order valence-electron chi connectivity index (χ4n) is 1.92. The zero-order chi connectivity index (χ0) is 14.7. The summed E-state index contributed by atoms with van der Waals surface area (Å²) >= 11 is 0. The van der Waals surface area contributed by atoms with Gasteiger partial charge in [-0.15, -0.1) is 0 Å². The fourth-order valence-corrected chi connectivity index (χ4v) is 1.92. The molecule has 2 rings (SSSR count). The van der Waals surface area contributed by atoms with Crippen LogP contribution in [0, 0.1) is 12.7 Å². The van der Waals surface area contributed by atoms with Crippen molar-refractivity contribution in [1.29, 1.82) is 0 Å². The molecule has 20 heavy (non-hydrogen) atoms. The molecule has 1 N–H and O–H groups in total. The van der Waals surface area contributed by atoms with E-state index in [0.29, 0.717) is 23.6 Å². The Hall–Kier alpha value is -2.37. The first-order chi connectivity index (χ1) is 9.51. The van der Waals surface area contributed by atoms with Crippen LogP contribution < -0.4 is 4.74 Å². The Morgan fingerprint density at radius 2 is 2.20 bits per heavy atom. The molecule has 1 heterocycles. The summed E-state index contributed by atoms with van der Waals surface area (Å²) in [4.78, 5) is 0. The van der Waals surface area contributed by atoms with Crippen molar-refractivity contribution >= 4 is 5.71 Å². The molecule has 0 unspecified atom stereocenters. The maximum Gasteiger partial charge on any atom is 0.130 e. The van der Waals surface area contributed by atoms with Gasteiger partial charge in [0.05, 0.1) is 17.1 Å². The van der Waals surface area contributed by atoms with Gasteiger partial charge >= 0.3 is 0 Å². The molecule has 0 radical (unpaired) electrons. The summed E-state index contributed by atoms with van der Waals surface area (Å²) in [6, 6.07) is 6.01. The monoisotopic (exact) mass is 277 g/mol. The third-order valence-electron chi connectivity index (χ3n) is 2.96. The molecule has 1 aromatic carbocycles. The number of oxime groups is 1. The Morgan fingerprint density at radius 3 is 2.80 bits per heavy atom. The molecule has 106 valence electrons. The Morgan fingerprint density at radius 1 is 1.45 bits per heavy atom. The summed E-state index contributed by atoms with van der Waals surface area (Å²) in [7, 11) is 1.83. The lowest BCUT2D eigenvalue weighted by atomic mass is 10.1. The van der Waals surface area contributed by atoms with Gasteiger partial charge in [-0.3, -0.25) is 4.68 Å². The average molecular weight is 277 g/mol. The normalized spacial score (nSPS) is 11.7. The van der Waals surface area contributed by atoms with Crippen LogP contribution in [0.1, 0.15) is 23.9 Å². The van der Waals surface area contributed by atoms with E-state index in [2.05, 4.69) is 10.3 Å². The van der Waals surface area contributed by atoms with Crippen LogP contribution in [0.3, 0.4) is 0 Å². The van der Waals surface area contributed by atoms with Gasteiger partial charge < -0.3 is 9.94 Å². The van der Waals surface area contributed by atoms with E-state index < -0.39 is 5.82 Å². The quantitative estimate of drug-likeness (QED) is 0.531. The number of nitrogens with zero attached hydrogens (tertiary/aromatic N) is 3. The third-order valence-corrected chi connectivity index (χ3v) is 2.96. The molecule has 0 aliphatic carbocycles. The molecule has 1 aromatic heterocycles. The van der Waals surface area contributed by atoms with Crippen LogP contribution in [0.2, 0.25) is 0 Å². The predicted molar refractivity (Wildman–Crippen MR) is 72.7 cm³/mol. The van der Waals surface area contributed by atoms with Crippen molar-refractivity contribution in [1.82, 2.24) is 9.78 Å². The number of benzene rings is 1. The maximum absolute atomic E-state index is 13.3. The summed E-state index contributed by atoms with van der Waals surface area (Å²) in [6.07, 6.45) is 0. The molecule has 0 aliphatic rings. The van der Waals surface area contributed by atoms with E-state index in [4.69, 9.17) is 9.94 Å². The molecular formula is C14H16FN3O2. The first-order valence-corrected chi connectivity index (χ1v) is 6.12. The summed E-state index contributed by atoms with van der Waals surface area (Å²) in [5.41, 5.74) is 2.52. The van der Waals surface area contributed by atoms with Crippen molar-refractivity contribution in [2.24, 2.45) is 12.2 Å². The van der Waals surface area contributed by atoms with Crippen LogP contribution in [0.15, 0.2) is 29.4 Å². The number of aromatic nitrogens is 2. The Labute approximate surface area is 116 Å². The molecule has 0 spiro atoms. The lowest BCUT2D eigenvalue weighted by Crippen LogP contribution is -2.06. The molecule has 0 bridgehead atoms. The van der Waals surface area contributed by atoms with Gasteiger partial charge in [-0.2, -0.15) is 5.10 Å². The van der Waals surface area contributed by atoms with Gasteiger partial charge in [0.2, 0.25) is 0 Å². The number of aryl methyl sites for hydroxylation is 2. The van der Waals surface area contributed by atoms with E-state index in [9.17, 15) is 4.39 Å². The largest absolute Gasteiger partial charge is 0.487 e. The van der Waals surface area contributed by atoms with Gasteiger partial charge in [0.1, 0.15) is 18.2 Å². The molecule has 6 heteroatoms. The van der Waals surface area contributed by atoms with Gasteiger partial charge in [-0.1, -0.05) is 5.16 Å². The van der Waals surface area contributed by atoms with Crippen LogP contribution >= 0.6 is 0 Å². The maximum atomic E-state index is 13.3. The Bertz CT molecular complexity index is 650. The lowest BCUT2D eigenvalue weighted by molar-refractivity contribution is 0.292. The second kappa shape index (κ2) is 5.73. The van der Waals surface area contributed by atoms with Crippen molar-refractivity contribution in [3.8, 4) is 5.75 Å². The highest BCUT2D eigenvalue weighted by Gasteiger charge is 2.10. The van der Waals surface area contributed by atoms with Gasteiger partial charge in [-0.05, 0) is 38.1 Å². The molecule has 0 atom stereocenters. The van der Waals surface area contributed by atoms with Crippen molar-refractivity contribution in [3.63, 3.8) is 0 Å². The van der Waals surface area contributed by atoms with Crippen LogP contribution in [0.5, 0.6) is 5.75 Å².